The molecule has 0 bridgehead atoms. The van der Waals surface area contributed by atoms with Crippen molar-refractivity contribution in [3.8, 4) is 0 Å². The van der Waals surface area contributed by atoms with Gasteiger partial charge >= 0.3 is 0 Å². The van der Waals surface area contributed by atoms with E-state index in [9.17, 15) is 0 Å². The van der Waals surface area contributed by atoms with Crippen LogP contribution in [0.25, 0.3) is 0 Å². The Bertz CT molecular complexity index is 299. The van der Waals surface area contributed by atoms with Crippen LogP contribution >= 0.6 is 0 Å². The molecule has 0 radical (unpaired) electrons. The molecule has 2 fully saturated rings. The fourth-order valence-electron chi connectivity index (χ4n) is 4.73. The predicted molar refractivity (Wildman–Crippen MR) is 80.2 cm³/mol. The second-order valence-electron chi connectivity index (χ2n) is 7.74. The van der Waals surface area contributed by atoms with Crippen LogP contribution in [-0.4, -0.2) is 43.3 Å². The summed E-state index contributed by atoms with van der Waals surface area (Å²) >= 11 is 0. The maximum atomic E-state index is 6.26. The van der Waals surface area contributed by atoms with Gasteiger partial charge in [0.1, 0.15) is 0 Å². The molecule has 2 rings (SSSR count). The minimum absolute atomic E-state index is 0.198. The van der Waals surface area contributed by atoms with Gasteiger partial charge in [0.05, 0.1) is 0 Å². The zero-order valence-corrected chi connectivity index (χ0v) is 13.2. The lowest BCUT2D eigenvalue weighted by atomic mass is 9.63. The first kappa shape index (κ1) is 15.3. The molecular formula is C16H32N2O. The van der Waals surface area contributed by atoms with Crippen molar-refractivity contribution in [2.75, 3.05) is 26.8 Å². The largest absolute Gasteiger partial charge is 0.381 e. The standard InChI is InChI=1S/C16H32N2O/c1-13-9-15(2,3)11-16(10-13,12-17)18(4)14-5-7-19-8-6-14/h13-14H,5-12,17H2,1-4H3. The van der Waals surface area contributed by atoms with Gasteiger partial charge in [0, 0.05) is 31.3 Å². The van der Waals surface area contributed by atoms with Crippen LogP contribution in [0.5, 0.6) is 0 Å². The zero-order valence-electron chi connectivity index (χ0n) is 13.2. The highest BCUT2D eigenvalue weighted by molar-refractivity contribution is 5.02. The van der Waals surface area contributed by atoms with E-state index in [1.807, 2.05) is 0 Å². The molecule has 0 aromatic carbocycles. The highest BCUT2D eigenvalue weighted by atomic mass is 16.5. The van der Waals surface area contributed by atoms with Crippen LogP contribution in [0.15, 0.2) is 0 Å². The van der Waals surface area contributed by atoms with Crippen molar-refractivity contribution in [2.24, 2.45) is 17.1 Å². The van der Waals surface area contributed by atoms with Crippen molar-refractivity contribution in [3.05, 3.63) is 0 Å². The summed E-state index contributed by atoms with van der Waals surface area (Å²) in [5.74, 6) is 0.773. The number of ether oxygens (including phenoxy) is 1. The Balaban J connectivity index is 2.15. The van der Waals surface area contributed by atoms with Crippen LogP contribution in [0.1, 0.15) is 52.9 Å². The minimum Gasteiger partial charge on any atom is -0.381 e. The lowest BCUT2D eigenvalue weighted by Gasteiger charge is -2.54. The molecule has 1 heterocycles. The third kappa shape index (κ3) is 3.32. The molecule has 1 aliphatic carbocycles. The van der Waals surface area contributed by atoms with Crippen molar-refractivity contribution >= 4 is 0 Å². The topological polar surface area (TPSA) is 38.5 Å². The molecule has 2 unspecified atom stereocenters. The molecule has 2 N–H and O–H groups in total. The third-order valence-electron chi connectivity index (χ3n) is 5.30. The highest BCUT2D eigenvalue weighted by Crippen LogP contribution is 2.46. The van der Waals surface area contributed by atoms with E-state index < -0.39 is 0 Å². The fraction of sp³-hybridized carbons (Fsp3) is 1.00. The Labute approximate surface area is 118 Å². The van der Waals surface area contributed by atoms with E-state index in [4.69, 9.17) is 10.5 Å². The number of hydrogen-bond donors (Lipinski definition) is 1. The SMILES string of the molecule is CC1CC(C)(C)CC(CN)(N(C)C2CCOCC2)C1. The van der Waals surface area contributed by atoms with Crippen LogP contribution in [0.3, 0.4) is 0 Å². The predicted octanol–water partition coefficient (Wildman–Crippen LogP) is 2.64. The average molecular weight is 268 g/mol. The summed E-state index contributed by atoms with van der Waals surface area (Å²) in [6.45, 7) is 9.82. The molecule has 0 spiro atoms. The summed E-state index contributed by atoms with van der Waals surface area (Å²) in [6.07, 6.45) is 6.13. The van der Waals surface area contributed by atoms with E-state index in [0.717, 1.165) is 38.5 Å². The van der Waals surface area contributed by atoms with Gasteiger partial charge in [-0.2, -0.15) is 0 Å². The summed E-state index contributed by atoms with van der Waals surface area (Å²) in [7, 11) is 2.30. The first-order chi connectivity index (χ1) is 8.88. The van der Waals surface area contributed by atoms with Gasteiger partial charge in [0.2, 0.25) is 0 Å². The third-order valence-corrected chi connectivity index (χ3v) is 5.30. The lowest BCUT2D eigenvalue weighted by Crippen LogP contribution is -2.61. The Kier molecular flexibility index (Phi) is 4.59. The second kappa shape index (κ2) is 5.71. The quantitative estimate of drug-likeness (QED) is 0.855. The molecular weight excluding hydrogens is 236 g/mol. The molecule has 2 aliphatic rings. The molecule has 0 aromatic rings. The second-order valence-corrected chi connectivity index (χ2v) is 7.74. The Morgan fingerprint density at radius 2 is 1.84 bits per heavy atom. The Morgan fingerprint density at radius 1 is 1.21 bits per heavy atom. The smallest absolute Gasteiger partial charge is 0.0480 e. The summed E-state index contributed by atoms with van der Waals surface area (Å²) in [6, 6.07) is 0.651. The van der Waals surface area contributed by atoms with Crippen LogP contribution in [-0.2, 0) is 4.74 Å². The molecule has 19 heavy (non-hydrogen) atoms. The Morgan fingerprint density at radius 3 is 2.37 bits per heavy atom. The maximum absolute atomic E-state index is 6.26. The monoisotopic (exact) mass is 268 g/mol. The van der Waals surface area contributed by atoms with Crippen LogP contribution < -0.4 is 5.73 Å². The molecule has 0 amide bonds. The first-order valence-corrected chi connectivity index (χ1v) is 7.89. The van der Waals surface area contributed by atoms with Crippen LogP contribution in [0.2, 0.25) is 0 Å². The number of rotatable bonds is 3. The van der Waals surface area contributed by atoms with E-state index in [0.29, 0.717) is 11.5 Å². The summed E-state index contributed by atoms with van der Waals surface area (Å²) in [5.41, 5.74) is 6.87. The van der Waals surface area contributed by atoms with Gasteiger partial charge in [0.15, 0.2) is 0 Å². The number of nitrogens with zero attached hydrogens (tertiary/aromatic N) is 1. The van der Waals surface area contributed by atoms with Gasteiger partial charge in [-0.1, -0.05) is 20.8 Å². The van der Waals surface area contributed by atoms with E-state index in [2.05, 4.69) is 32.7 Å². The molecule has 3 heteroatoms. The van der Waals surface area contributed by atoms with Gasteiger partial charge < -0.3 is 10.5 Å². The van der Waals surface area contributed by atoms with Crippen molar-refractivity contribution in [1.82, 2.24) is 4.90 Å². The van der Waals surface area contributed by atoms with E-state index >= 15 is 0 Å². The number of likely N-dealkylation sites (N-methyl/N-ethyl adjacent to an activating group) is 1. The molecule has 1 saturated heterocycles. The fourth-order valence-corrected chi connectivity index (χ4v) is 4.73. The normalized spacial score (nSPS) is 36.6. The first-order valence-electron chi connectivity index (χ1n) is 7.89. The van der Waals surface area contributed by atoms with Gasteiger partial charge in [-0.25, -0.2) is 0 Å². The molecule has 1 aliphatic heterocycles. The van der Waals surface area contributed by atoms with Crippen molar-refractivity contribution in [2.45, 2.75) is 64.5 Å². The van der Waals surface area contributed by atoms with Crippen molar-refractivity contribution in [3.63, 3.8) is 0 Å². The summed E-state index contributed by atoms with van der Waals surface area (Å²) in [5, 5.41) is 0. The molecule has 2 atom stereocenters. The molecule has 3 nitrogen and oxygen atoms in total. The Hall–Kier alpha value is -0.120. The van der Waals surface area contributed by atoms with Crippen LogP contribution in [0, 0.1) is 11.3 Å². The average Bonchev–Trinajstić information content (AvgIpc) is 2.36. The van der Waals surface area contributed by atoms with E-state index in [-0.39, 0.29) is 5.54 Å². The molecule has 0 aromatic heterocycles. The van der Waals surface area contributed by atoms with Crippen molar-refractivity contribution < 1.29 is 4.74 Å². The van der Waals surface area contributed by atoms with Gasteiger partial charge in [0.25, 0.3) is 0 Å². The van der Waals surface area contributed by atoms with Gasteiger partial charge in [-0.05, 0) is 50.5 Å². The highest BCUT2D eigenvalue weighted by Gasteiger charge is 2.46. The molecule has 1 saturated carbocycles. The number of nitrogens with two attached hydrogens (primary N) is 1. The molecule has 112 valence electrons. The summed E-state index contributed by atoms with van der Waals surface area (Å²) < 4.78 is 5.51. The number of hydrogen-bond acceptors (Lipinski definition) is 3. The van der Waals surface area contributed by atoms with E-state index in [1.165, 1.54) is 19.3 Å². The van der Waals surface area contributed by atoms with Crippen molar-refractivity contribution in [1.29, 1.82) is 0 Å². The minimum atomic E-state index is 0.198. The zero-order chi connectivity index (χ0) is 14.1. The maximum Gasteiger partial charge on any atom is 0.0480 e. The van der Waals surface area contributed by atoms with E-state index in [1.54, 1.807) is 0 Å². The van der Waals surface area contributed by atoms with Gasteiger partial charge in [-0.15, -0.1) is 0 Å². The van der Waals surface area contributed by atoms with Gasteiger partial charge in [-0.3, -0.25) is 4.90 Å². The van der Waals surface area contributed by atoms with Crippen LogP contribution in [0.4, 0.5) is 0 Å². The summed E-state index contributed by atoms with van der Waals surface area (Å²) in [4.78, 5) is 2.62. The lowest BCUT2D eigenvalue weighted by molar-refractivity contribution is -0.0494.